The summed E-state index contributed by atoms with van der Waals surface area (Å²) in [6.45, 7) is 6.69. The van der Waals surface area contributed by atoms with Crippen LogP contribution in [-0.2, 0) is 6.54 Å². The first-order valence-corrected chi connectivity index (χ1v) is 12.8. The van der Waals surface area contributed by atoms with Crippen molar-refractivity contribution in [2.75, 3.05) is 11.4 Å². The Morgan fingerprint density at radius 3 is 2.60 bits per heavy atom. The Balaban J connectivity index is 1.55. The van der Waals surface area contributed by atoms with E-state index in [4.69, 9.17) is 16.6 Å². The molecule has 0 radical (unpaired) electrons. The smallest absolute Gasteiger partial charge is 0.270 e. The number of hydrogen-bond acceptors (Lipinski definition) is 7. The first-order valence-electron chi connectivity index (χ1n) is 10.8. The number of amides is 1. The Morgan fingerprint density at radius 2 is 1.89 bits per heavy atom. The molecule has 0 aliphatic carbocycles. The Kier molecular flexibility index (Phi) is 6.04. The maximum absolute atomic E-state index is 13.8. The lowest BCUT2D eigenvalue weighted by molar-refractivity contribution is -0.384. The van der Waals surface area contributed by atoms with Crippen LogP contribution >= 0.6 is 34.3 Å². The zero-order valence-electron chi connectivity index (χ0n) is 19.1. The number of hydrogen-bond donors (Lipinski definition) is 0. The molecule has 0 aliphatic rings. The Labute approximate surface area is 213 Å². The molecule has 1 amide bonds. The molecular formula is C24H20ClN5O3S2. The summed E-state index contributed by atoms with van der Waals surface area (Å²) in [4.78, 5) is 31.4. The van der Waals surface area contributed by atoms with Crippen molar-refractivity contribution in [2.24, 2.45) is 0 Å². The number of carbonyl (C=O) groups is 1. The quantitative estimate of drug-likeness (QED) is 0.185. The number of fused-ring (bicyclic) bond motifs is 2. The van der Waals surface area contributed by atoms with Gasteiger partial charge in [0.1, 0.15) is 0 Å². The number of aryl methyl sites for hydroxylation is 3. The Hall–Kier alpha value is -3.34. The molecular weight excluding hydrogens is 506 g/mol. The second-order valence-electron chi connectivity index (χ2n) is 8.21. The second-order valence-corrected chi connectivity index (χ2v) is 10.7. The molecule has 0 bridgehead atoms. The summed E-state index contributed by atoms with van der Waals surface area (Å²) in [5, 5.41) is 17.6. The molecule has 0 unspecified atom stereocenters. The third-order valence-electron chi connectivity index (χ3n) is 5.77. The van der Waals surface area contributed by atoms with E-state index in [0.29, 0.717) is 33.5 Å². The number of carbonyl (C=O) groups excluding carboxylic acids is 1. The lowest BCUT2D eigenvalue weighted by Crippen LogP contribution is -2.33. The minimum absolute atomic E-state index is 0.00536. The summed E-state index contributed by atoms with van der Waals surface area (Å²) >= 11 is 9.04. The number of thiazole rings is 1. The molecule has 0 spiro atoms. The van der Waals surface area contributed by atoms with Gasteiger partial charge in [0.15, 0.2) is 5.13 Å². The highest BCUT2D eigenvalue weighted by Gasteiger charge is 2.24. The normalized spacial score (nSPS) is 11.4. The van der Waals surface area contributed by atoms with Gasteiger partial charge in [0.25, 0.3) is 11.6 Å². The van der Waals surface area contributed by atoms with Gasteiger partial charge in [-0.2, -0.15) is 5.10 Å². The lowest BCUT2D eigenvalue weighted by Gasteiger charge is -2.19. The molecule has 35 heavy (non-hydrogen) atoms. The highest BCUT2D eigenvalue weighted by atomic mass is 35.5. The van der Waals surface area contributed by atoms with Gasteiger partial charge in [-0.25, -0.2) is 4.98 Å². The van der Waals surface area contributed by atoms with E-state index in [2.05, 4.69) is 5.10 Å². The van der Waals surface area contributed by atoms with Gasteiger partial charge in [-0.15, -0.1) is 11.3 Å². The van der Waals surface area contributed by atoms with Crippen LogP contribution in [0, 0.1) is 30.9 Å². The van der Waals surface area contributed by atoms with Crippen molar-refractivity contribution in [1.82, 2.24) is 14.8 Å². The molecule has 3 heterocycles. The third kappa shape index (κ3) is 4.40. The van der Waals surface area contributed by atoms with Crippen LogP contribution in [0.3, 0.4) is 0 Å². The van der Waals surface area contributed by atoms with E-state index in [-0.39, 0.29) is 11.6 Å². The highest BCUT2D eigenvalue weighted by molar-refractivity contribution is 7.23. The SMILES string of the molecule is Cc1cc(C)n(CCN(C(=O)c2cc3cc([N+](=O)[O-])ccc3s2)c2nc3c(C)c(Cl)ccc3s2)n1. The highest BCUT2D eigenvalue weighted by Crippen LogP contribution is 2.36. The minimum Gasteiger partial charge on any atom is -0.281 e. The topological polar surface area (TPSA) is 94.2 Å². The molecule has 3 aromatic heterocycles. The van der Waals surface area contributed by atoms with E-state index >= 15 is 0 Å². The molecule has 2 aromatic carbocycles. The predicted molar refractivity (Wildman–Crippen MR) is 141 cm³/mol. The summed E-state index contributed by atoms with van der Waals surface area (Å²) < 4.78 is 3.63. The van der Waals surface area contributed by atoms with Crippen molar-refractivity contribution in [1.29, 1.82) is 0 Å². The van der Waals surface area contributed by atoms with Crippen LogP contribution in [0.4, 0.5) is 10.8 Å². The van der Waals surface area contributed by atoms with Crippen molar-refractivity contribution in [3.05, 3.63) is 79.4 Å². The van der Waals surface area contributed by atoms with Crippen molar-refractivity contribution < 1.29 is 9.72 Å². The number of nitro benzene ring substituents is 1. The lowest BCUT2D eigenvalue weighted by atomic mass is 10.2. The largest absolute Gasteiger partial charge is 0.281 e. The van der Waals surface area contributed by atoms with E-state index in [1.807, 2.05) is 43.7 Å². The maximum Gasteiger partial charge on any atom is 0.270 e. The van der Waals surface area contributed by atoms with Crippen LogP contribution in [0.1, 0.15) is 26.6 Å². The number of nitrogens with zero attached hydrogens (tertiary/aromatic N) is 5. The number of nitro groups is 1. The monoisotopic (exact) mass is 525 g/mol. The summed E-state index contributed by atoms with van der Waals surface area (Å²) in [5.41, 5.74) is 3.56. The van der Waals surface area contributed by atoms with E-state index < -0.39 is 4.92 Å². The Morgan fingerprint density at radius 1 is 1.11 bits per heavy atom. The molecule has 5 rings (SSSR count). The van der Waals surface area contributed by atoms with Crippen molar-refractivity contribution in [3.63, 3.8) is 0 Å². The fraction of sp³-hybridized carbons (Fsp3) is 0.208. The molecule has 11 heteroatoms. The fourth-order valence-electron chi connectivity index (χ4n) is 3.97. The molecule has 0 fully saturated rings. The average molecular weight is 526 g/mol. The van der Waals surface area contributed by atoms with Crippen LogP contribution in [0.15, 0.2) is 42.5 Å². The van der Waals surface area contributed by atoms with Crippen molar-refractivity contribution >= 4 is 71.3 Å². The van der Waals surface area contributed by atoms with E-state index in [1.165, 1.54) is 34.8 Å². The minimum atomic E-state index is -0.437. The zero-order chi connectivity index (χ0) is 24.9. The number of thiophene rings is 1. The molecule has 0 N–H and O–H groups in total. The number of aromatic nitrogens is 3. The second kappa shape index (κ2) is 9.03. The van der Waals surface area contributed by atoms with Crippen LogP contribution < -0.4 is 4.90 Å². The average Bonchev–Trinajstić information content (AvgIpc) is 3.52. The molecule has 0 saturated heterocycles. The summed E-state index contributed by atoms with van der Waals surface area (Å²) in [6, 6.07) is 12.1. The first-order chi connectivity index (χ1) is 16.7. The van der Waals surface area contributed by atoms with Gasteiger partial charge in [0.05, 0.1) is 32.3 Å². The standard InChI is InChI=1S/C24H20ClN5O3S2/c1-13-10-14(2)29(27-13)9-8-28(24-26-22-15(3)18(25)5-7-20(22)35-24)23(31)21-12-16-11-17(30(32)33)4-6-19(16)34-21/h4-7,10-12H,8-9H2,1-3H3. The van der Waals surface area contributed by atoms with Crippen molar-refractivity contribution in [3.8, 4) is 0 Å². The number of anilines is 1. The third-order valence-corrected chi connectivity index (χ3v) is 8.33. The van der Waals surface area contributed by atoms with E-state index in [1.54, 1.807) is 17.0 Å². The van der Waals surface area contributed by atoms with E-state index in [0.717, 1.165) is 31.9 Å². The van der Waals surface area contributed by atoms with Crippen LogP contribution in [0.2, 0.25) is 5.02 Å². The first kappa shape index (κ1) is 23.4. The zero-order valence-corrected chi connectivity index (χ0v) is 21.5. The number of non-ortho nitro benzene ring substituents is 1. The number of benzene rings is 2. The van der Waals surface area contributed by atoms with Gasteiger partial charge in [-0.05, 0) is 56.7 Å². The van der Waals surface area contributed by atoms with Gasteiger partial charge in [0.2, 0.25) is 0 Å². The summed E-state index contributed by atoms with van der Waals surface area (Å²) in [5.74, 6) is -0.210. The fourth-order valence-corrected chi connectivity index (χ4v) is 6.16. The van der Waals surface area contributed by atoms with E-state index in [9.17, 15) is 14.9 Å². The predicted octanol–water partition coefficient (Wildman–Crippen LogP) is 6.54. The van der Waals surface area contributed by atoms with Crippen LogP contribution in [0.25, 0.3) is 20.3 Å². The summed E-state index contributed by atoms with van der Waals surface area (Å²) in [7, 11) is 0. The molecule has 0 atom stereocenters. The molecule has 8 nitrogen and oxygen atoms in total. The molecule has 178 valence electrons. The van der Waals surface area contributed by atoms with Gasteiger partial charge in [-0.1, -0.05) is 22.9 Å². The maximum atomic E-state index is 13.8. The number of halogens is 1. The molecule has 0 saturated carbocycles. The molecule has 5 aromatic rings. The van der Waals surface area contributed by atoms with Crippen LogP contribution in [0.5, 0.6) is 0 Å². The van der Waals surface area contributed by atoms with Crippen LogP contribution in [-0.4, -0.2) is 32.1 Å². The summed E-state index contributed by atoms with van der Waals surface area (Å²) in [6.07, 6.45) is 0. The van der Waals surface area contributed by atoms with Gasteiger partial charge < -0.3 is 0 Å². The van der Waals surface area contributed by atoms with Gasteiger partial charge >= 0.3 is 0 Å². The van der Waals surface area contributed by atoms with Crippen molar-refractivity contribution in [2.45, 2.75) is 27.3 Å². The number of rotatable bonds is 6. The van der Waals surface area contributed by atoms with Gasteiger partial charge in [0, 0.05) is 39.5 Å². The molecule has 0 aliphatic heterocycles. The van der Waals surface area contributed by atoms with Gasteiger partial charge in [-0.3, -0.25) is 24.5 Å². The Bertz CT molecular complexity index is 1620.